The average molecular weight is 290 g/mol. The maximum absolute atomic E-state index is 5.88. The highest BCUT2D eigenvalue weighted by molar-refractivity contribution is 7.71. The molecule has 1 saturated carbocycles. The van der Waals surface area contributed by atoms with E-state index in [0.29, 0.717) is 5.41 Å². The molecule has 20 heavy (non-hydrogen) atoms. The van der Waals surface area contributed by atoms with Crippen molar-refractivity contribution in [2.24, 2.45) is 5.41 Å². The van der Waals surface area contributed by atoms with E-state index < -0.39 is 0 Å². The van der Waals surface area contributed by atoms with Gasteiger partial charge in [0.05, 0.1) is 11.6 Å². The first-order chi connectivity index (χ1) is 9.48. The van der Waals surface area contributed by atoms with Crippen molar-refractivity contribution >= 4 is 23.3 Å². The molecule has 1 heterocycles. The van der Waals surface area contributed by atoms with E-state index in [0.717, 1.165) is 28.1 Å². The lowest BCUT2D eigenvalue weighted by atomic mass is 9.70. The van der Waals surface area contributed by atoms with Gasteiger partial charge in [0.1, 0.15) is 11.3 Å². The topological polar surface area (TPSA) is 29.9 Å². The molecule has 3 nitrogen and oxygen atoms in total. The summed E-state index contributed by atoms with van der Waals surface area (Å²) in [6.07, 6.45) is 4.09. The molecule has 0 amide bonds. The number of nitrogens with zero attached hydrogens (tertiary/aromatic N) is 1. The number of aromatic nitrogens is 2. The number of rotatable bonds is 4. The van der Waals surface area contributed by atoms with Crippen LogP contribution in [0.1, 0.15) is 40.0 Å². The second kappa shape index (κ2) is 4.92. The molecule has 1 aromatic carbocycles. The Morgan fingerprint density at radius 3 is 2.75 bits per heavy atom. The molecule has 1 aromatic heterocycles. The van der Waals surface area contributed by atoms with Crippen LogP contribution in [0.3, 0.4) is 0 Å². The third-order valence-corrected chi connectivity index (χ3v) is 4.56. The van der Waals surface area contributed by atoms with E-state index >= 15 is 0 Å². The summed E-state index contributed by atoms with van der Waals surface area (Å²) in [7, 11) is 0. The highest BCUT2D eigenvalue weighted by atomic mass is 32.1. The van der Waals surface area contributed by atoms with E-state index in [4.69, 9.17) is 17.0 Å². The summed E-state index contributed by atoms with van der Waals surface area (Å²) in [4.78, 5) is 3.32. The molecule has 0 bridgehead atoms. The second-order valence-electron chi connectivity index (χ2n) is 6.50. The predicted octanol–water partition coefficient (Wildman–Crippen LogP) is 4.68. The number of H-pyrrole nitrogens is 1. The molecule has 1 N–H and O–H groups in total. The average Bonchev–Trinajstić information content (AvgIpc) is 2.65. The third kappa shape index (κ3) is 2.37. The SMILES string of the molecule is CC(C)Oc1cccc2c1[nH]c(=S)n2CC1(C)CCC1. The van der Waals surface area contributed by atoms with Gasteiger partial charge in [-0.1, -0.05) is 19.4 Å². The number of hydrogen-bond acceptors (Lipinski definition) is 2. The van der Waals surface area contributed by atoms with E-state index in [9.17, 15) is 0 Å². The van der Waals surface area contributed by atoms with E-state index in [1.165, 1.54) is 19.3 Å². The summed E-state index contributed by atoms with van der Waals surface area (Å²) in [6, 6.07) is 6.17. The van der Waals surface area contributed by atoms with Crippen LogP contribution in [0.2, 0.25) is 0 Å². The maximum atomic E-state index is 5.88. The van der Waals surface area contributed by atoms with Crippen molar-refractivity contribution in [3.8, 4) is 5.75 Å². The van der Waals surface area contributed by atoms with E-state index in [1.54, 1.807) is 0 Å². The molecule has 0 spiro atoms. The summed E-state index contributed by atoms with van der Waals surface area (Å²) in [5, 5.41) is 0. The Balaban J connectivity index is 2.05. The molecular weight excluding hydrogens is 268 g/mol. The maximum Gasteiger partial charge on any atom is 0.178 e. The van der Waals surface area contributed by atoms with E-state index in [1.807, 2.05) is 26.0 Å². The number of imidazole rings is 1. The highest BCUT2D eigenvalue weighted by Crippen LogP contribution is 2.42. The molecule has 0 aliphatic heterocycles. The minimum Gasteiger partial charge on any atom is -0.489 e. The Bertz CT molecular complexity index is 679. The third-order valence-electron chi connectivity index (χ3n) is 4.24. The minimum absolute atomic E-state index is 0.162. The van der Waals surface area contributed by atoms with Gasteiger partial charge in [0.25, 0.3) is 0 Å². The standard InChI is InChI=1S/C16H22N2OS/c1-11(2)19-13-7-4-6-12-14(13)17-15(20)18(12)10-16(3)8-5-9-16/h4,6-7,11H,5,8-10H2,1-3H3,(H,17,20). The first-order valence-electron chi connectivity index (χ1n) is 7.37. The molecule has 0 saturated heterocycles. The fraction of sp³-hybridized carbons (Fsp3) is 0.562. The van der Waals surface area contributed by atoms with Gasteiger partial charge >= 0.3 is 0 Å². The molecule has 0 radical (unpaired) electrons. The predicted molar refractivity (Wildman–Crippen MR) is 84.8 cm³/mol. The largest absolute Gasteiger partial charge is 0.489 e. The first kappa shape index (κ1) is 13.7. The lowest BCUT2D eigenvalue weighted by Crippen LogP contribution is -2.30. The zero-order valence-electron chi connectivity index (χ0n) is 12.4. The fourth-order valence-electron chi connectivity index (χ4n) is 2.98. The van der Waals surface area contributed by atoms with Crippen molar-refractivity contribution < 1.29 is 4.74 Å². The van der Waals surface area contributed by atoms with Crippen LogP contribution in [0.25, 0.3) is 11.0 Å². The van der Waals surface area contributed by atoms with Crippen LogP contribution in [0.5, 0.6) is 5.75 Å². The van der Waals surface area contributed by atoms with Crippen molar-refractivity contribution in [1.82, 2.24) is 9.55 Å². The fourth-order valence-corrected chi connectivity index (χ4v) is 3.25. The summed E-state index contributed by atoms with van der Waals surface area (Å²) in [6.45, 7) is 7.43. The van der Waals surface area contributed by atoms with Gasteiger partial charge in [-0.05, 0) is 56.5 Å². The Morgan fingerprint density at radius 2 is 2.15 bits per heavy atom. The molecule has 1 fully saturated rings. The van der Waals surface area contributed by atoms with Crippen LogP contribution in [0.15, 0.2) is 18.2 Å². The molecule has 4 heteroatoms. The molecule has 108 valence electrons. The molecule has 0 atom stereocenters. The number of benzene rings is 1. The van der Waals surface area contributed by atoms with Gasteiger partial charge in [0.15, 0.2) is 4.77 Å². The molecular formula is C16H22N2OS. The second-order valence-corrected chi connectivity index (χ2v) is 6.88. The lowest BCUT2D eigenvalue weighted by Gasteiger charge is -2.38. The van der Waals surface area contributed by atoms with Crippen LogP contribution >= 0.6 is 12.2 Å². The number of para-hydroxylation sites is 1. The van der Waals surface area contributed by atoms with Crippen molar-refractivity contribution in [2.75, 3.05) is 0 Å². The molecule has 0 unspecified atom stereocenters. The normalized spacial score (nSPS) is 17.4. The first-order valence-corrected chi connectivity index (χ1v) is 7.78. The Morgan fingerprint density at radius 1 is 1.40 bits per heavy atom. The van der Waals surface area contributed by atoms with Gasteiger partial charge in [-0.15, -0.1) is 0 Å². The Labute approximate surface area is 125 Å². The Kier molecular flexibility index (Phi) is 3.36. The molecule has 2 aromatic rings. The van der Waals surface area contributed by atoms with Crippen molar-refractivity contribution in [3.63, 3.8) is 0 Å². The van der Waals surface area contributed by atoms with Crippen molar-refractivity contribution in [3.05, 3.63) is 23.0 Å². The summed E-state index contributed by atoms with van der Waals surface area (Å²) >= 11 is 5.52. The lowest BCUT2D eigenvalue weighted by molar-refractivity contribution is 0.133. The molecule has 1 aliphatic rings. The highest BCUT2D eigenvalue weighted by Gasteiger charge is 2.32. The van der Waals surface area contributed by atoms with Crippen molar-refractivity contribution in [2.45, 2.75) is 52.7 Å². The molecule has 3 rings (SSSR count). The van der Waals surface area contributed by atoms with Gasteiger partial charge in [-0.2, -0.15) is 0 Å². The number of nitrogens with one attached hydrogen (secondary N) is 1. The summed E-state index contributed by atoms with van der Waals surface area (Å²) in [5.74, 6) is 0.890. The summed E-state index contributed by atoms with van der Waals surface area (Å²) in [5.41, 5.74) is 2.58. The van der Waals surface area contributed by atoms with E-state index in [2.05, 4.69) is 22.5 Å². The Hall–Kier alpha value is -1.29. The van der Waals surface area contributed by atoms with Gasteiger partial charge in [0, 0.05) is 6.54 Å². The van der Waals surface area contributed by atoms with Gasteiger partial charge in [-0.25, -0.2) is 0 Å². The minimum atomic E-state index is 0.162. The van der Waals surface area contributed by atoms with Gasteiger partial charge in [0.2, 0.25) is 0 Å². The quantitative estimate of drug-likeness (QED) is 0.829. The summed E-state index contributed by atoms with van der Waals surface area (Å²) < 4.78 is 8.91. The smallest absolute Gasteiger partial charge is 0.178 e. The van der Waals surface area contributed by atoms with Crippen LogP contribution in [-0.2, 0) is 6.54 Å². The zero-order chi connectivity index (χ0) is 14.3. The van der Waals surface area contributed by atoms with Crippen LogP contribution in [-0.4, -0.2) is 15.7 Å². The number of hydrogen-bond donors (Lipinski definition) is 1. The van der Waals surface area contributed by atoms with Gasteiger partial charge < -0.3 is 14.3 Å². The van der Waals surface area contributed by atoms with Crippen LogP contribution in [0, 0.1) is 10.2 Å². The van der Waals surface area contributed by atoms with Crippen LogP contribution in [0.4, 0.5) is 0 Å². The van der Waals surface area contributed by atoms with Crippen molar-refractivity contribution in [1.29, 1.82) is 0 Å². The van der Waals surface area contributed by atoms with E-state index in [-0.39, 0.29) is 6.10 Å². The van der Waals surface area contributed by atoms with Crippen LogP contribution < -0.4 is 4.74 Å². The molecule has 1 aliphatic carbocycles. The number of aromatic amines is 1. The number of fused-ring (bicyclic) bond motifs is 1. The number of ether oxygens (including phenoxy) is 1. The van der Waals surface area contributed by atoms with Gasteiger partial charge in [-0.3, -0.25) is 0 Å². The monoisotopic (exact) mass is 290 g/mol. The zero-order valence-corrected chi connectivity index (χ0v) is 13.2.